The second-order valence-corrected chi connectivity index (χ2v) is 5.45. The van der Waals surface area contributed by atoms with Crippen molar-refractivity contribution in [3.8, 4) is 0 Å². The predicted molar refractivity (Wildman–Crippen MR) is 77.2 cm³/mol. The lowest BCUT2D eigenvalue weighted by Gasteiger charge is -2.35. The van der Waals surface area contributed by atoms with E-state index in [1.54, 1.807) is 13.3 Å². The molecule has 0 radical (unpaired) electrons. The molecule has 1 fully saturated rings. The minimum Gasteiger partial charge on any atom is -0.384 e. The van der Waals surface area contributed by atoms with Crippen LogP contribution >= 0.6 is 0 Å². The fourth-order valence-electron chi connectivity index (χ4n) is 2.59. The quantitative estimate of drug-likeness (QED) is 0.843. The number of methoxy groups -OCH3 is 1. The molecule has 5 heteroatoms. The Morgan fingerprint density at radius 1 is 1.45 bits per heavy atom. The lowest BCUT2D eigenvalue weighted by molar-refractivity contribution is -0.136. The van der Waals surface area contributed by atoms with Crippen molar-refractivity contribution in [3.63, 3.8) is 0 Å². The van der Waals surface area contributed by atoms with E-state index >= 15 is 0 Å². The zero-order chi connectivity index (χ0) is 14.4. The molecule has 0 bridgehead atoms. The minimum absolute atomic E-state index is 0.0847. The highest BCUT2D eigenvalue weighted by Crippen LogP contribution is 2.29. The van der Waals surface area contributed by atoms with E-state index in [-0.39, 0.29) is 5.91 Å². The Bertz CT molecular complexity index is 433. The van der Waals surface area contributed by atoms with E-state index in [9.17, 15) is 4.79 Å². The van der Waals surface area contributed by atoms with E-state index in [1.165, 1.54) is 0 Å². The van der Waals surface area contributed by atoms with Crippen LogP contribution in [0.4, 0.5) is 0 Å². The van der Waals surface area contributed by atoms with Crippen molar-refractivity contribution < 1.29 is 9.53 Å². The van der Waals surface area contributed by atoms with Crippen LogP contribution in [0.3, 0.4) is 0 Å². The van der Waals surface area contributed by atoms with E-state index in [2.05, 4.69) is 15.6 Å². The summed E-state index contributed by atoms with van der Waals surface area (Å²) in [5.41, 5.74) is 1.61. The van der Waals surface area contributed by atoms with E-state index in [0.29, 0.717) is 13.2 Å². The summed E-state index contributed by atoms with van der Waals surface area (Å²) in [6, 6.07) is 3.95. The smallest absolute Gasteiger partial charge is 0.228 e. The molecule has 1 amide bonds. The summed E-state index contributed by atoms with van der Waals surface area (Å²) in [6.45, 7) is 4.67. The molecule has 1 saturated heterocycles. The fourth-order valence-corrected chi connectivity index (χ4v) is 2.59. The number of pyridine rings is 1. The van der Waals surface area contributed by atoms with E-state index < -0.39 is 5.41 Å². The number of rotatable bonds is 5. The molecule has 0 saturated carbocycles. The van der Waals surface area contributed by atoms with Gasteiger partial charge in [0.2, 0.25) is 5.91 Å². The molecule has 2 N–H and O–H groups in total. The van der Waals surface area contributed by atoms with Crippen LogP contribution in [0.5, 0.6) is 0 Å². The Morgan fingerprint density at radius 3 is 2.80 bits per heavy atom. The maximum absolute atomic E-state index is 12.5. The summed E-state index contributed by atoms with van der Waals surface area (Å²) in [5.74, 6) is 0.0847. The zero-order valence-corrected chi connectivity index (χ0v) is 12.2. The first kappa shape index (κ1) is 14.9. The van der Waals surface area contributed by atoms with Crippen LogP contribution in [-0.2, 0) is 16.1 Å². The lowest BCUT2D eigenvalue weighted by atomic mass is 9.78. The number of carbonyl (C=O) groups excluding carboxylic acids is 1. The molecule has 1 aliphatic rings. The maximum Gasteiger partial charge on any atom is 0.228 e. The molecule has 0 unspecified atom stereocenters. The van der Waals surface area contributed by atoms with Crippen molar-refractivity contribution in [1.29, 1.82) is 0 Å². The highest BCUT2D eigenvalue weighted by Gasteiger charge is 2.39. The molecule has 1 aromatic heterocycles. The highest BCUT2D eigenvalue weighted by molar-refractivity contribution is 5.83. The van der Waals surface area contributed by atoms with Crippen LogP contribution in [0.2, 0.25) is 0 Å². The molecular weight excluding hydrogens is 254 g/mol. The second kappa shape index (κ2) is 6.81. The summed E-state index contributed by atoms with van der Waals surface area (Å²) in [7, 11) is 1.65. The largest absolute Gasteiger partial charge is 0.384 e. The Labute approximate surface area is 120 Å². The van der Waals surface area contributed by atoms with Gasteiger partial charge in [-0.05, 0) is 44.5 Å². The van der Waals surface area contributed by atoms with Crippen molar-refractivity contribution >= 4 is 5.91 Å². The number of carbonyl (C=O) groups is 1. The molecule has 20 heavy (non-hydrogen) atoms. The third-order valence-corrected chi connectivity index (χ3v) is 3.89. The maximum atomic E-state index is 12.5. The summed E-state index contributed by atoms with van der Waals surface area (Å²) >= 11 is 0. The molecule has 0 spiro atoms. The van der Waals surface area contributed by atoms with Crippen LogP contribution in [0.1, 0.15) is 24.1 Å². The van der Waals surface area contributed by atoms with Gasteiger partial charge in [-0.3, -0.25) is 9.78 Å². The van der Waals surface area contributed by atoms with Gasteiger partial charge in [0.15, 0.2) is 0 Å². The molecule has 110 valence electrons. The van der Waals surface area contributed by atoms with Gasteiger partial charge in [-0.2, -0.15) is 0 Å². The van der Waals surface area contributed by atoms with Gasteiger partial charge in [0.1, 0.15) is 0 Å². The van der Waals surface area contributed by atoms with Gasteiger partial charge >= 0.3 is 0 Å². The normalized spacial score (nSPS) is 17.7. The minimum atomic E-state index is -0.391. The van der Waals surface area contributed by atoms with Gasteiger partial charge in [0.05, 0.1) is 12.0 Å². The zero-order valence-electron chi connectivity index (χ0n) is 12.2. The summed E-state index contributed by atoms with van der Waals surface area (Å²) in [6.07, 6.45) is 3.44. The van der Waals surface area contributed by atoms with Crippen LogP contribution in [0.15, 0.2) is 18.3 Å². The second-order valence-electron chi connectivity index (χ2n) is 5.45. The van der Waals surface area contributed by atoms with Crippen molar-refractivity contribution in [3.05, 3.63) is 29.6 Å². The molecule has 0 aromatic carbocycles. The van der Waals surface area contributed by atoms with Crippen LogP contribution in [0, 0.1) is 12.3 Å². The predicted octanol–water partition coefficient (Wildman–Crippen LogP) is 1.02. The van der Waals surface area contributed by atoms with Crippen LogP contribution in [0.25, 0.3) is 0 Å². The number of nitrogens with one attached hydrogen (secondary N) is 2. The van der Waals surface area contributed by atoms with Crippen molar-refractivity contribution in [2.24, 2.45) is 5.41 Å². The van der Waals surface area contributed by atoms with E-state index in [1.807, 2.05) is 19.1 Å². The van der Waals surface area contributed by atoms with Gasteiger partial charge < -0.3 is 15.4 Å². The van der Waals surface area contributed by atoms with Gasteiger partial charge in [0.25, 0.3) is 0 Å². The molecule has 0 atom stereocenters. The van der Waals surface area contributed by atoms with Gasteiger partial charge in [-0.15, -0.1) is 0 Å². The molecule has 0 aliphatic carbocycles. The van der Waals surface area contributed by atoms with E-state index in [0.717, 1.165) is 37.2 Å². The summed E-state index contributed by atoms with van der Waals surface area (Å²) in [5, 5.41) is 6.31. The molecule has 5 nitrogen and oxygen atoms in total. The first-order chi connectivity index (χ1) is 9.66. The number of aryl methyl sites for hydroxylation is 1. The molecule has 1 aromatic rings. The average Bonchev–Trinajstić information content (AvgIpc) is 2.47. The van der Waals surface area contributed by atoms with Crippen molar-refractivity contribution in [2.45, 2.75) is 26.3 Å². The first-order valence-corrected chi connectivity index (χ1v) is 7.06. The number of aromatic nitrogens is 1. The van der Waals surface area contributed by atoms with E-state index in [4.69, 9.17) is 4.74 Å². The van der Waals surface area contributed by atoms with Crippen molar-refractivity contribution in [1.82, 2.24) is 15.6 Å². The lowest BCUT2D eigenvalue weighted by Crippen LogP contribution is -2.49. The first-order valence-electron chi connectivity index (χ1n) is 7.06. The highest BCUT2D eigenvalue weighted by atomic mass is 16.5. The van der Waals surface area contributed by atoms with Gasteiger partial charge in [-0.25, -0.2) is 0 Å². The number of amides is 1. The van der Waals surface area contributed by atoms with Crippen LogP contribution in [-0.4, -0.2) is 37.7 Å². The Hall–Kier alpha value is -1.46. The number of nitrogens with zero attached hydrogens (tertiary/aromatic N) is 1. The van der Waals surface area contributed by atoms with Gasteiger partial charge in [0, 0.05) is 25.5 Å². The Kier molecular flexibility index (Phi) is 5.09. The number of hydrogen-bond donors (Lipinski definition) is 2. The number of piperidine rings is 1. The molecular formula is C15H23N3O2. The monoisotopic (exact) mass is 277 g/mol. The summed E-state index contributed by atoms with van der Waals surface area (Å²) < 4.78 is 5.27. The van der Waals surface area contributed by atoms with Gasteiger partial charge in [-0.1, -0.05) is 6.07 Å². The average molecular weight is 277 g/mol. The SMILES string of the molecule is COCC1(C(=O)NCc2ccc(C)nc2)CCNCC1. The molecule has 2 rings (SSSR count). The third kappa shape index (κ3) is 3.55. The summed E-state index contributed by atoms with van der Waals surface area (Å²) in [4.78, 5) is 16.7. The standard InChI is InChI=1S/C15H23N3O2/c1-12-3-4-13(9-17-12)10-18-14(19)15(11-20-2)5-7-16-8-6-15/h3-4,9,16H,5-8,10-11H2,1-2H3,(H,18,19). The fraction of sp³-hybridized carbons (Fsp3) is 0.600. The Morgan fingerprint density at radius 2 is 2.20 bits per heavy atom. The Balaban J connectivity index is 1.96. The third-order valence-electron chi connectivity index (χ3n) is 3.89. The van der Waals surface area contributed by atoms with Crippen LogP contribution < -0.4 is 10.6 Å². The molecule has 1 aliphatic heterocycles. The van der Waals surface area contributed by atoms with Crippen molar-refractivity contribution in [2.75, 3.05) is 26.8 Å². The molecule has 2 heterocycles. The number of hydrogen-bond acceptors (Lipinski definition) is 4. The topological polar surface area (TPSA) is 63.2 Å². The number of ether oxygens (including phenoxy) is 1.